The first kappa shape index (κ1) is 22.9. The third-order valence-electron chi connectivity index (χ3n) is 5.96. The number of carbonyl (C=O) groups excluding carboxylic acids is 1. The molecule has 32 heavy (non-hydrogen) atoms. The van der Waals surface area contributed by atoms with E-state index in [1.54, 1.807) is 0 Å². The number of methoxy groups -OCH3 is 1. The van der Waals surface area contributed by atoms with Crippen LogP contribution in [0.4, 0.5) is 8.78 Å². The Kier molecular flexibility index (Phi) is 7.21. The maximum Gasteiger partial charge on any atom is 0.337 e. The number of rotatable bonds is 6. The number of benzene rings is 2. The highest BCUT2D eigenvalue weighted by Gasteiger charge is 2.23. The van der Waals surface area contributed by atoms with Gasteiger partial charge in [-0.1, -0.05) is 52.3 Å². The molecule has 1 heterocycles. The topological polar surface area (TPSA) is 29.5 Å². The average molecular weight is 502 g/mol. The Hall–Kier alpha value is -2.31. The van der Waals surface area contributed by atoms with E-state index in [1.807, 2.05) is 23.1 Å². The molecule has 0 saturated carbocycles. The summed E-state index contributed by atoms with van der Waals surface area (Å²) in [4.78, 5) is 13.9. The van der Waals surface area contributed by atoms with E-state index in [9.17, 15) is 13.6 Å². The van der Waals surface area contributed by atoms with Crippen LogP contribution in [0.5, 0.6) is 0 Å². The number of fused-ring (bicyclic) bond motifs is 1. The van der Waals surface area contributed by atoms with E-state index in [0.29, 0.717) is 18.7 Å². The highest BCUT2D eigenvalue weighted by molar-refractivity contribution is 9.11. The van der Waals surface area contributed by atoms with Crippen molar-refractivity contribution in [2.45, 2.75) is 25.4 Å². The van der Waals surface area contributed by atoms with Crippen LogP contribution in [0.15, 0.2) is 52.5 Å². The molecular formula is C26H26BrF2NO2. The largest absolute Gasteiger partial charge is 0.465 e. The number of allylic oxidation sites excluding steroid dienone is 1. The number of carbonyl (C=O) groups is 1. The second kappa shape index (κ2) is 10.1. The fourth-order valence-corrected chi connectivity index (χ4v) is 5.09. The monoisotopic (exact) mass is 501 g/mol. The predicted octanol–water partition coefficient (Wildman–Crippen LogP) is 5.97. The van der Waals surface area contributed by atoms with Gasteiger partial charge < -0.3 is 4.74 Å². The van der Waals surface area contributed by atoms with Gasteiger partial charge in [-0.3, -0.25) is 4.90 Å². The predicted molar refractivity (Wildman–Crippen MR) is 127 cm³/mol. The van der Waals surface area contributed by atoms with Crippen LogP contribution in [-0.2, 0) is 11.2 Å². The number of hydrogen-bond donors (Lipinski definition) is 0. The molecule has 4 rings (SSSR count). The summed E-state index contributed by atoms with van der Waals surface area (Å²) in [6.45, 7) is 0.616. The average Bonchev–Trinajstić information content (AvgIpc) is 2.95. The molecule has 2 aliphatic rings. The van der Waals surface area contributed by atoms with Gasteiger partial charge in [0.05, 0.1) is 12.7 Å². The van der Waals surface area contributed by atoms with Gasteiger partial charge >= 0.3 is 5.97 Å². The maximum atomic E-state index is 13.2. The van der Waals surface area contributed by atoms with E-state index in [1.165, 1.54) is 12.7 Å². The Balaban J connectivity index is 1.54. The molecule has 2 aromatic carbocycles. The van der Waals surface area contributed by atoms with E-state index in [-0.39, 0.29) is 12.5 Å². The molecule has 1 saturated heterocycles. The number of likely N-dealkylation sites (tertiary alicyclic amines) is 1. The van der Waals surface area contributed by atoms with Crippen molar-refractivity contribution >= 4 is 33.5 Å². The summed E-state index contributed by atoms with van der Waals surface area (Å²) in [5.74, 6) is -0.319. The zero-order valence-corrected chi connectivity index (χ0v) is 19.6. The molecule has 1 fully saturated rings. The van der Waals surface area contributed by atoms with Crippen LogP contribution in [0.3, 0.4) is 0 Å². The van der Waals surface area contributed by atoms with Crippen LogP contribution in [0.2, 0.25) is 0 Å². The van der Waals surface area contributed by atoms with E-state index in [2.05, 4.69) is 46.3 Å². The molecule has 2 aromatic rings. The van der Waals surface area contributed by atoms with Gasteiger partial charge in [0, 0.05) is 24.1 Å². The number of nitrogens with zero attached hydrogens (tertiary/aromatic N) is 1. The summed E-state index contributed by atoms with van der Waals surface area (Å²) in [5, 5.41) is 0. The lowest BCUT2D eigenvalue weighted by atomic mass is 9.92. The van der Waals surface area contributed by atoms with Gasteiger partial charge in [0.15, 0.2) is 0 Å². The third-order valence-corrected chi connectivity index (χ3v) is 6.75. The highest BCUT2D eigenvalue weighted by Crippen LogP contribution is 2.38. The summed E-state index contributed by atoms with van der Waals surface area (Å²) in [6, 6.07) is 14.2. The Labute approximate surface area is 195 Å². The lowest BCUT2D eigenvalue weighted by molar-refractivity contribution is 0.0600. The smallest absolute Gasteiger partial charge is 0.337 e. The molecule has 0 bridgehead atoms. The van der Waals surface area contributed by atoms with Crippen molar-refractivity contribution in [1.82, 2.24) is 4.90 Å². The zero-order chi connectivity index (χ0) is 22.7. The fourth-order valence-electron chi connectivity index (χ4n) is 4.37. The van der Waals surface area contributed by atoms with E-state index < -0.39 is 12.8 Å². The van der Waals surface area contributed by atoms with Crippen LogP contribution >= 0.6 is 15.9 Å². The Bertz CT molecular complexity index is 1050. The Morgan fingerprint density at radius 1 is 1.19 bits per heavy atom. The molecule has 168 valence electrons. The van der Waals surface area contributed by atoms with Gasteiger partial charge in [0.1, 0.15) is 12.8 Å². The van der Waals surface area contributed by atoms with Crippen molar-refractivity contribution in [3.8, 4) is 0 Å². The lowest BCUT2D eigenvalue weighted by Crippen LogP contribution is -2.43. The van der Waals surface area contributed by atoms with Gasteiger partial charge in [-0.25, -0.2) is 13.6 Å². The third kappa shape index (κ3) is 5.02. The van der Waals surface area contributed by atoms with Gasteiger partial charge in [-0.15, -0.1) is 0 Å². The maximum absolute atomic E-state index is 13.2. The number of aryl methyl sites for hydroxylation is 1. The normalized spacial score (nSPS) is 17.3. The van der Waals surface area contributed by atoms with E-state index >= 15 is 0 Å². The molecular weight excluding hydrogens is 476 g/mol. The van der Waals surface area contributed by atoms with E-state index in [4.69, 9.17) is 4.74 Å². The number of halogens is 3. The quantitative estimate of drug-likeness (QED) is 0.456. The molecule has 3 nitrogen and oxygen atoms in total. The van der Waals surface area contributed by atoms with Crippen molar-refractivity contribution in [3.05, 3.63) is 80.3 Å². The molecule has 0 N–H and O–H groups in total. The Morgan fingerprint density at radius 2 is 1.94 bits per heavy atom. The Morgan fingerprint density at radius 3 is 2.62 bits per heavy atom. The molecule has 0 spiro atoms. The van der Waals surface area contributed by atoms with E-state index in [0.717, 1.165) is 51.6 Å². The number of ether oxygens (including phenoxy) is 1. The van der Waals surface area contributed by atoms with Crippen molar-refractivity contribution < 1.29 is 18.3 Å². The lowest BCUT2D eigenvalue weighted by Gasteiger charge is -2.34. The summed E-state index contributed by atoms with van der Waals surface area (Å²) in [7, 11) is 1.40. The van der Waals surface area contributed by atoms with Gasteiger partial charge in [0.25, 0.3) is 0 Å². The summed E-state index contributed by atoms with van der Waals surface area (Å²) >= 11 is 3.80. The molecule has 1 aliphatic carbocycles. The van der Waals surface area contributed by atoms with Gasteiger partial charge in [-0.05, 0) is 64.8 Å². The molecule has 0 radical (unpaired) electrons. The van der Waals surface area contributed by atoms with Crippen LogP contribution in [-0.4, -0.2) is 50.5 Å². The standard InChI is InChI=1S/C26H26BrF2NO2/c1-32-26(31)21-9-10-23-20(12-21)3-2-4-24(27)25(23)19-7-5-17(6-8-19)11-18-14-30(15-18)16-22(29)13-28/h5-12,22H,2-4,13-16H2,1H3. The zero-order valence-electron chi connectivity index (χ0n) is 18.0. The SMILES string of the molecule is COC(=O)c1ccc2c(c1)CCCC(Br)=C2c1ccc(C=C2CN(CC(F)CF)C2)cc1. The molecule has 6 heteroatoms. The van der Waals surface area contributed by atoms with Gasteiger partial charge in [-0.2, -0.15) is 0 Å². The summed E-state index contributed by atoms with van der Waals surface area (Å²) in [5.41, 5.74) is 7.45. The van der Waals surface area contributed by atoms with Crippen molar-refractivity contribution in [1.29, 1.82) is 0 Å². The first-order valence-corrected chi connectivity index (χ1v) is 11.6. The van der Waals surface area contributed by atoms with Crippen LogP contribution in [0.25, 0.3) is 11.6 Å². The number of alkyl halides is 2. The minimum Gasteiger partial charge on any atom is -0.465 e. The first-order valence-electron chi connectivity index (χ1n) is 10.8. The molecule has 1 atom stereocenters. The second-order valence-corrected chi connectivity index (χ2v) is 9.30. The summed E-state index contributed by atoms with van der Waals surface area (Å²) in [6.07, 6.45) is 3.57. The number of hydrogen-bond acceptors (Lipinski definition) is 3. The molecule has 1 aliphatic heterocycles. The fraction of sp³-hybridized carbons (Fsp3) is 0.346. The number of esters is 1. The van der Waals surface area contributed by atoms with Crippen molar-refractivity contribution in [2.75, 3.05) is 33.4 Å². The van der Waals surface area contributed by atoms with Gasteiger partial charge in [0.2, 0.25) is 0 Å². The van der Waals surface area contributed by atoms with Crippen LogP contribution in [0.1, 0.15) is 45.5 Å². The first-order chi connectivity index (χ1) is 15.5. The summed E-state index contributed by atoms with van der Waals surface area (Å²) < 4.78 is 31.5. The molecule has 0 amide bonds. The minimum atomic E-state index is -1.39. The molecule has 0 aromatic heterocycles. The minimum absolute atomic E-state index is 0.159. The van der Waals surface area contributed by atoms with Crippen LogP contribution < -0.4 is 0 Å². The molecule has 1 unspecified atom stereocenters. The highest BCUT2D eigenvalue weighted by atomic mass is 79.9. The second-order valence-electron chi connectivity index (χ2n) is 8.34. The van der Waals surface area contributed by atoms with Crippen molar-refractivity contribution in [2.24, 2.45) is 0 Å². The van der Waals surface area contributed by atoms with Crippen LogP contribution in [0, 0.1) is 0 Å². The van der Waals surface area contributed by atoms with Crippen molar-refractivity contribution in [3.63, 3.8) is 0 Å².